The first-order valence-corrected chi connectivity index (χ1v) is 8.13. The maximum Gasteiger partial charge on any atom is 0.181 e. The summed E-state index contributed by atoms with van der Waals surface area (Å²) in [5.74, 6) is 0.226. The number of hydrogen-bond donors (Lipinski definition) is 4. The molecule has 1 fully saturated rings. The van der Waals surface area contributed by atoms with Gasteiger partial charge in [-0.1, -0.05) is 0 Å². The molecule has 4 heterocycles. The van der Waals surface area contributed by atoms with Gasteiger partial charge in [0.1, 0.15) is 30.0 Å². The van der Waals surface area contributed by atoms with Crippen molar-refractivity contribution < 1.29 is 19.3 Å². The molecule has 138 valence electrons. The summed E-state index contributed by atoms with van der Waals surface area (Å²) in [6.07, 6.45) is -0.330. The molecule has 1 aliphatic heterocycles. The quantitative estimate of drug-likeness (QED) is 0.540. The molecule has 0 amide bonds. The van der Waals surface area contributed by atoms with Gasteiger partial charge in [-0.05, 0) is 19.9 Å². The molecule has 1 saturated heterocycles. The molecule has 1 aliphatic rings. The van der Waals surface area contributed by atoms with Crippen molar-refractivity contribution in [2.45, 2.75) is 44.1 Å². The van der Waals surface area contributed by atoms with Crippen LogP contribution in [-0.2, 0) is 4.74 Å². The first-order chi connectivity index (χ1) is 12.3. The lowest BCUT2D eigenvalue weighted by molar-refractivity contribution is -0.0793. The Morgan fingerprint density at radius 2 is 2.23 bits per heavy atom. The van der Waals surface area contributed by atoms with Crippen LogP contribution in [0, 0.1) is 0 Å². The Morgan fingerprint density at radius 1 is 1.46 bits per heavy atom. The van der Waals surface area contributed by atoms with Gasteiger partial charge in [0, 0.05) is 18.0 Å². The van der Waals surface area contributed by atoms with Crippen LogP contribution in [0.4, 0.5) is 10.2 Å². The summed E-state index contributed by atoms with van der Waals surface area (Å²) in [6, 6.07) is 1.74. The fourth-order valence-electron chi connectivity index (χ4n) is 3.44. The summed E-state index contributed by atoms with van der Waals surface area (Å²) in [5, 5.41) is 27.4. The van der Waals surface area contributed by atoms with Crippen LogP contribution >= 0.6 is 0 Å². The average molecular weight is 362 g/mol. The fourth-order valence-corrected chi connectivity index (χ4v) is 3.44. The molecule has 0 saturated carbocycles. The molecule has 4 rings (SSSR count). The van der Waals surface area contributed by atoms with Crippen LogP contribution in [0.15, 0.2) is 24.8 Å². The highest BCUT2D eigenvalue weighted by molar-refractivity contribution is 5.99. The lowest BCUT2D eigenvalue weighted by Gasteiger charge is -2.25. The Kier molecular flexibility index (Phi) is 3.72. The SMILES string of the molecule is CC(O)C1OC(n2cc(-c3ccn[nH]3)c3c(N)ncnc32)C(C)(F)C1O. The molecule has 5 N–H and O–H groups in total. The van der Waals surface area contributed by atoms with Crippen LogP contribution in [0.5, 0.6) is 0 Å². The van der Waals surface area contributed by atoms with Gasteiger partial charge in [-0.3, -0.25) is 5.10 Å². The van der Waals surface area contributed by atoms with E-state index >= 15 is 4.39 Å². The highest BCUT2D eigenvalue weighted by atomic mass is 19.1. The maximum atomic E-state index is 15.3. The number of alkyl halides is 1. The minimum atomic E-state index is -2.15. The molecular weight excluding hydrogens is 343 g/mol. The lowest BCUT2D eigenvalue weighted by atomic mass is 9.96. The monoisotopic (exact) mass is 362 g/mol. The second-order valence-corrected chi connectivity index (χ2v) is 6.67. The summed E-state index contributed by atoms with van der Waals surface area (Å²) in [6.45, 7) is 2.67. The predicted molar refractivity (Wildman–Crippen MR) is 90.6 cm³/mol. The minimum absolute atomic E-state index is 0.226. The number of aliphatic hydroxyl groups excluding tert-OH is 2. The molecule has 3 aromatic rings. The van der Waals surface area contributed by atoms with Gasteiger partial charge in [-0.25, -0.2) is 14.4 Å². The number of nitrogens with two attached hydrogens (primary N) is 1. The predicted octanol–water partition coefficient (Wildman–Crippen LogP) is 0.771. The maximum absolute atomic E-state index is 15.3. The smallest absolute Gasteiger partial charge is 0.181 e. The third-order valence-corrected chi connectivity index (χ3v) is 4.82. The van der Waals surface area contributed by atoms with Crippen molar-refractivity contribution >= 4 is 16.9 Å². The number of anilines is 1. The van der Waals surface area contributed by atoms with Crippen LogP contribution < -0.4 is 5.73 Å². The molecule has 3 aromatic heterocycles. The number of nitrogen functional groups attached to an aromatic ring is 1. The van der Waals surface area contributed by atoms with E-state index < -0.39 is 30.2 Å². The number of aromatic nitrogens is 5. The number of nitrogens with zero attached hydrogens (tertiary/aromatic N) is 4. The molecule has 5 atom stereocenters. The molecule has 0 spiro atoms. The van der Waals surface area contributed by atoms with E-state index in [-0.39, 0.29) is 5.82 Å². The van der Waals surface area contributed by atoms with Gasteiger partial charge in [0.2, 0.25) is 0 Å². The van der Waals surface area contributed by atoms with E-state index in [4.69, 9.17) is 10.5 Å². The minimum Gasteiger partial charge on any atom is -0.391 e. The van der Waals surface area contributed by atoms with Crippen LogP contribution in [0.2, 0.25) is 0 Å². The van der Waals surface area contributed by atoms with Gasteiger partial charge in [0.25, 0.3) is 0 Å². The van der Waals surface area contributed by atoms with Gasteiger partial charge < -0.3 is 25.3 Å². The Balaban J connectivity index is 1.92. The molecule has 0 bridgehead atoms. The first-order valence-electron chi connectivity index (χ1n) is 8.13. The number of H-pyrrole nitrogens is 1. The normalized spacial score (nSPS) is 30.1. The molecule has 0 radical (unpaired) electrons. The lowest BCUT2D eigenvalue weighted by Crippen LogP contribution is -2.42. The summed E-state index contributed by atoms with van der Waals surface area (Å²) < 4.78 is 22.5. The Labute approximate surface area is 147 Å². The number of hydrogen-bond acceptors (Lipinski definition) is 7. The van der Waals surface area contributed by atoms with Gasteiger partial charge in [0.15, 0.2) is 11.9 Å². The summed E-state index contributed by atoms with van der Waals surface area (Å²) in [4.78, 5) is 8.23. The van der Waals surface area contributed by atoms with Crippen LogP contribution in [0.1, 0.15) is 20.1 Å². The number of aromatic amines is 1. The highest BCUT2D eigenvalue weighted by Gasteiger charge is 2.56. The van der Waals surface area contributed by atoms with Crippen molar-refractivity contribution in [1.82, 2.24) is 24.7 Å². The topological polar surface area (TPSA) is 135 Å². The molecule has 9 nitrogen and oxygen atoms in total. The number of rotatable bonds is 3. The molecule has 0 aliphatic carbocycles. The Morgan fingerprint density at radius 3 is 2.85 bits per heavy atom. The standard InChI is InChI=1S/C16H19FN6O3/c1-7(24)11-12(25)16(2,17)15(26-11)23-5-8(9-3-4-21-22-9)10-13(18)19-6-20-14(10)23/h3-7,11-12,15,24-25H,1-2H3,(H,21,22)(H2,18,19,20). The third kappa shape index (κ3) is 2.30. The Hall–Kier alpha value is -2.56. The molecule has 0 aromatic carbocycles. The van der Waals surface area contributed by atoms with Crippen molar-refractivity contribution in [3.63, 3.8) is 0 Å². The molecule has 10 heteroatoms. The van der Waals surface area contributed by atoms with Crippen molar-refractivity contribution in [3.8, 4) is 11.3 Å². The number of halogens is 1. The molecule has 26 heavy (non-hydrogen) atoms. The summed E-state index contributed by atoms with van der Waals surface area (Å²) in [7, 11) is 0. The zero-order valence-corrected chi connectivity index (χ0v) is 14.2. The largest absolute Gasteiger partial charge is 0.391 e. The van der Waals surface area contributed by atoms with E-state index in [1.54, 1.807) is 18.5 Å². The zero-order chi connectivity index (χ0) is 18.6. The van der Waals surface area contributed by atoms with E-state index in [1.807, 2.05) is 0 Å². The van der Waals surface area contributed by atoms with E-state index in [9.17, 15) is 10.2 Å². The molecule has 5 unspecified atom stereocenters. The van der Waals surface area contributed by atoms with E-state index in [1.165, 1.54) is 24.7 Å². The number of aliphatic hydroxyl groups is 2. The number of fused-ring (bicyclic) bond motifs is 1. The second kappa shape index (κ2) is 5.73. The summed E-state index contributed by atoms with van der Waals surface area (Å²) in [5.41, 5.74) is 5.51. The van der Waals surface area contributed by atoms with Crippen molar-refractivity contribution in [2.75, 3.05) is 5.73 Å². The van der Waals surface area contributed by atoms with E-state index in [0.29, 0.717) is 22.3 Å². The van der Waals surface area contributed by atoms with E-state index in [0.717, 1.165) is 0 Å². The Bertz CT molecular complexity index is 939. The number of ether oxygens (including phenoxy) is 1. The van der Waals surface area contributed by atoms with Crippen LogP contribution in [0.25, 0.3) is 22.3 Å². The molecular formula is C16H19FN6O3. The van der Waals surface area contributed by atoms with Gasteiger partial charge in [-0.15, -0.1) is 0 Å². The van der Waals surface area contributed by atoms with Gasteiger partial charge in [0.05, 0.1) is 17.2 Å². The highest BCUT2D eigenvalue weighted by Crippen LogP contribution is 2.45. The zero-order valence-electron chi connectivity index (χ0n) is 14.2. The second-order valence-electron chi connectivity index (χ2n) is 6.67. The number of nitrogens with one attached hydrogen (secondary N) is 1. The van der Waals surface area contributed by atoms with Crippen LogP contribution in [0.3, 0.4) is 0 Å². The van der Waals surface area contributed by atoms with E-state index in [2.05, 4.69) is 20.2 Å². The van der Waals surface area contributed by atoms with Crippen molar-refractivity contribution in [1.29, 1.82) is 0 Å². The van der Waals surface area contributed by atoms with Crippen LogP contribution in [-0.4, -0.2) is 58.9 Å². The van der Waals surface area contributed by atoms with Gasteiger partial charge >= 0.3 is 0 Å². The first kappa shape index (κ1) is 16.9. The van der Waals surface area contributed by atoms with Crippen molar-refractivity contribution in [3.05, 3.63) is 24.8 Å². The van der Waals surface area contributed by atoms with Crippen molar-refractivity contribution in [2.24, 2.45) is 0 Å². The fraction of sp³-hybridized carbons (Fsp3) is 0.438. The third-order valence-electron chi connectivity index (χ3n) is 4.82. The summed E-state index contributed by atoms with van der Waals surface area (Å²) >= 11 is 0. The average Bonchev–Trinajstić information content (AvgIpc) is 3.26. The van der Waals surface area contributed by atoms with Gasteiger partial charge in [-0.2, -0.15) is 5.10 Å².